The van der Waals surface area contributed by atoms with Gasteiger partial charge < -0.3 is 14.5 Å². The van der Waals surface area contributed by atoms with Crippen molar-refractivity contribution in [1.29, 1.82) is 5.26 Å². The van der Waals surface area contributed by atoms with Gasteiger partial charge in [-0.05, 0) is 49.2 Å². The van der Waals surface area contributed by atoms with E-state index in [0.29, 0.717) is 47.4 Å². The third kappa shape index (κ3) is 5.79. The number of carbonyl (C=O) groups is 1. The molecule has 0 atom stereocenters. The Bertz CT molecular complexity index is 881. The topological polar surface area (TPSA) is 56.6 Å². The van der Waals surface area contributed by atoms with E-state index < -0.39 is 0 Å². The Balaban J connectivity index is 1.44. The molecule has 1 aliphatic heterocycles. The summed E-state index contributed by atoms with van der Waals surface area (Å²) in [4.78, 5) is 16.8. The molecular weight excluding hydrogens is 409 g/mol. The molecule has 1 saturated heterocycles. The number of carbonyl (C=O) groups excluding carboxylic acids is 1. The van der Waals surface area contributed by atoms with Crippen LogP contribution in [-0.2, 0) is 4.79 Å². The number of halogens is 2. The molecule has 152 valence electrons. The van der Waals surface area contributed by atoms with E-state index >= 15 is 0 Å². The fourth-order valence-corrected chi connectivity index (χ4v) is 3.68. The van der Waals surface area contributed by atoms with Crippen molar-refractivity contribution in [1.82, 2.24) is 4.90 Å². The zero-order chi connectivity index (χ0) is 20.6. The van der Waals surface area contributed by atoms with Gasteiger partial charge in [0.15, 0.2) is 0 Å². The first-order valence-corrected chi connectivity index (χ1v) is 10.4. The number of amides is 1. The summed E-state index contributed by atoms with van der Waals surface area (Å²) in [6.45, 7) is 3.54. The van der Waals surface area contributed by atoms with Crippen molar-refractivity contribution in [3.8, 4) is 11.8 Å². The van der Waals surface area contributed by atoms with E-state index in [2.05, 4.69) is 11.0 Å². The maximum absolute atomic E-state index is 12.6. The van der Waals surface area contributed by atoms with Crippen LogP contribution in [0.2, 0.25) is 10.0 Å². The summed E-state index contributed by atoms with van der Waals surface area (Å²) in [6.07, 6.45) is 1.98. The zero-order valence-corrected chi connectivity index (χ0v) is 17.6. The van der Waals surface area contributed by atoms with Crippen LogP contribution >= 0.6 is 23.2 Å². The Kier molecular flexibility index (Phi) is 7.62. The molecule has 0 aromatic heterocycles. The molecule has 2 aromatic rings. The molecule has 1 fully saturated rings. The van der Waals surface area contributed by atoms with Crippen LogP contribution in [0.1, 0.15) is 24.8 Å². The van der Waals surface area contributed by atoms with Crippen molar-refractivity contribution in [3.63, 3.8) is 0 Å². The highest BCUT2D eigenvalue weighted by molar-refractivity contribution is 6.42. The van der Waals surface area contributed by atoms with Crippen LogP contribution in [-0.4, -0.2) is 43.6 Å². The van der Waals surface area contributed by atoms with E-state index in [-0.39, 0.29) is 5.91 Å². The van der Waals surface area contributed by atoms with E-state index in [1.54, 1.807) is 18.2 Å². The van der Waals surface area contributed by atoms with Crippen LogP contribution in [0.4, 0.5) is 5.69 Å². The van der Waals surface area contributed by atoms with Crippen LogP contribution < -0.4 is 9.64 Å². The molecule has 7 heteroatoms. The van der Waals surface area contributed by atoms with Gasteiger partial charge in [-0.25, -0.2) is 0 Å². The van der Waals surface area contributed by atoms with E-state index in [0.717, 1.165) is 31.7 Å². The van der Waals surface area contributed by atoms with Gasteiger partial charge in [0, 0.05) is 38.3 Å². The van der Waals surface area contributed by atoms with Crippen molar-refractivity contribution in [3.05, 3.63) is 58.1 Å². The summed E-state index contributed by atoms with van der Waals surface area (Å²) in [7, 11) is 0. The van der Waals surface area contributed by atoms with Crippen LogP contribution in [0, 0.1) is 11.3 Å². The number of benzene rings is 2. The lowest BCUT2D eigenvalue weighted by Gasteiger charge is -2.24. The lowest BCUT2D eigenvalue weighted by Crippen LogP contribution is -2.35. The van der Waals surface area contributed by atoms with Gasteiger partial charge in [-0.15, -0.1) is 0 Å². The van der Waals surface area contributed by atoms with Crippen LogP contribution in [0.25, 0.3) is 0 Å². The molecule has 2 aromatic carbocycles. The molecule has 0 bridgehead atoms. The summed E-state index contributed by atoms with van der Waals surface area (Å²) in [6, 6.07) is 15.0. The summed E-state index contributed by atoms with van der Waals surface area (Å²) in [5.74, 6) is 0.687. The minimum absolute atomic E-state index is 0.146. The second-order valence-electron chi connectivity index (χ2n) is 6.88. The van der Waals surface area contributed by atoms with Crippen LogP contribution in [0.3, 0.4) is 0 Å². The number of anilines is 1. The molecule has 29 heavy (non-hydrogen) atoms. The zero-order valence-electron chi connectivity index (χ0n) is 16.1. The Morgan fingerprint density at radius 2 is 1.86 bits per heavy atom. The quantitative estimate of drug-likeness (QED) is 0.618. The molecule has 0 spiro atoms. The van der Waals surface area contributed by atoms with Crippen LogP contribution in [0.15, 0.2) is 42.5 Å². The minimum Gasteiger partial charge on any atom is -0.492 e. The fraction of sp³-hybridized carbons (Fsp3) is 0.364. The average Bonchev–Trinajstić information content (AvgIpc) is 3.00. The maximum Gasteiger partial charge on any atom is 0.222 e. The highest BCUT2D eigenvalue weighted by Crippen LogP contribution is 2.31. The van der Waals surface area contributed by atoms with Crippen molar-refractivity contribution in [2.45, 2.75) is 19.3 Å². The molecule has 1 heterocycles. The number of hydrogen-bond donors (Lipinski definition) is 0. The average molecular weight is 432 g/mol. The van der Waals surface area contributed by atoms with Gasteiger partial charge in [-0.1, -0.05) is 29.3 Å². The van der Waals surface area contributed by atoms with Crippen molar-refractivity contribution < 1.29 is 9.53 Å². The molecular formula is C22H23Cl2N3O2. The summed E-state index contributed by atoms with van der Waals surface area (Å²) in [5.41, 5.74) is 1.74. The Hall–Kier alpha value is -2.42. The molecule has 3 rings (SSSR count). The predicted octanol–water partition coefficient (Wildman–Crippen LogP) is 4.76. The van der Waals surface area contributed by atoms with E-state index in [4.69, 9.17) is 33.2 Å². The van der Waals surface area contributed by atoms with Crippen molar-refractivity contribution in [2.24, 2.45) is 0 Å². The molecule has 1 amide bonds. The summed E-state index contributed by atoms with van der Waals surface area (Å²) >= 11 is 12.1. The van der Waals surface area contributed by atoms with Crippen molar-refractivity contribution in [2.75, 3.05) is 37.7 Å². The van der Waals surface area contributed by atoms with E-state index in [9.17, 15) is 4.79 Å². The highest BCUT2D eigenvalue weighted by atomic mass is 35.5. The number of ether oxygens (including phenoxy) is 1. The molecule has 0 saturated carbocycles. The number of rotatable bonds is 6. The minimum atomic E-state index is 0.146. The van der Waals surface area contributed by atoms with Gasteiger partial charge in [0.25, 0.3) is 0 Å². The molecule has 1 aliphatic rings. The number of nitriles is 1. The van der Waals surface area contributed by atoms with Gasteiger partial charge in [0.1, 0.15) is 10.8 Å². The number of hydrogen-bond acceptors (Lipinski definition) is 4. The van der Waals surface area contributed by atoms with Gasteiger partial charge in [-0.3, -0.25) is 4.79 Å². The molecule has 5 nitrogen and oxygen atoms in total. The predicted molar refractivity (Wildman–Crippen MR) is 116 cm³/mol. The second-order valence-corrected chi connectivity index (χ2v) is 7.67. The molecule has 0 unspecified atom stereocenters. The fourth-order valence-electron chi connectivity index (χ4n) is 3.33. The van der Waals surface area contributed by atoms with Gasteiger partial charge in [0.2, 0.25) is 5.91 Å². The Morgan fingerprint density at radius 1 is 1.07 bits per heavy atom. The summed E-state index contributed by atoms with van der Waals surface area (Å²) < 4.78 is 5.66. The standard InChI is InChI=1S/C22H23Cl2N3O2/c23-19-4-1-5-20(22(19)24)29-15-2-6-21(28)27-12-3-11-26(13-14-27)18-9-7-17(16-25)8-10-18/h1,4-5,7-10H,2-3,6,11-15H2. The first kappa shape index (κ1) is 21.3. The van der Waals surface area contributed by atoms with E-state index in [1.165, 1.54) is 0 Å². The third-order valence-corrected chi connectivity index (χ3v) is 5.72. The highest BCUT2D eigenvalue weighted by Gasteiger charge is 2.19. The SMILES string of the molecule is N#Cc1ccc(N2CCCN(C(=O)CCCOc3cccc(Cl)c3Cl)CC2)cc1. The Morgan fingerprint density at radius 3 is 2.62 bits per heavy atom. The maximum atomic E-state index is 12.6. The molecule has 0 aliphatic carbocycles. The Labute approximate surface area is 181 Å². The normalized spacial score (nSPS) is 14.2. The molecule has 0 N–H and O–H groups in total. The van der Waals surface area contributed by atoms with Gasteiger partial charge >= 0.3 is 0 Å². The largest absolute Gasteiger partial charge is 0.492 e. The first-order chi connectivity index (χ1) is 14.1. The van der Waals surface area contributed by atoms with Gasteiger partial charge in [-0.2, -0.15) is 5.26 Å². The second kappa shape index (κ2) is 10.4. The molecule has 0 radical (unpaired) electrons. The van der Waals surface area contributed by atoms with Gasteiger partial charge in [0.05, 0.1) is 23.3 Å². The summed E-state index contributed by atoms with van der Waals surface area (Å²) in [5, 5.41) is 9.78. The monoisotopic (exact) mass is 431 g/mol. The first-order valence-electron chi connectivity index (χ1n) is 9.68. The number of nitrogens with zero attached hydrogens (tertiary/aromatic N) is 3. The van der Waals surface area contributed by atoms with E-state index in [1.807, 2.05) is 29.2 Å². The lowest BCUT2D eigenvalue weighted by atomic mass is 10.2. The van der Waals surface area contributed by atoms with Crippen molar-refractivity contribution >= 4 is 34.8 Å². The third-order valence-electron chi connectivity index (χ3n) is 4.92. The smallest absolute Gasteiger partial charge is 0.222 e. The van der Waals surface area contributed by atoms with Crippen LogP contribution in [0.5, 0.6) is 5.75 Å². The lowest BCUT2D eigenvalue weighted by molar-refractivity contribution is -0.131.